The summed E-state index contributed by atoms with van der Waals surface area (Å²) in [6.45, 7) is 1.97. The number of aliphatic hydroxyl groups is 1. The summed E-state index contributed by atoms with van der Waals surface area (Å²) >= 11 is -0.134. The number of carbonyl (C=O) groups is 7. The van der Waals surface area contributed by atoms with Gasteiger partial charge in [0.05, 0.1) is 6.10 Å². The summed E-state index contributed by atoms with van der Waals surface area (Å²) in [6.07, 6.45) is -28.6. The minimum atomic E-state index is -6.29. The third-order valence-electron chi connectivity index (χ3n) is 11.8. The zero-order valence-corrected chi connectivity index (χ0v) is 44.3. The fraction of sp³-hybridized carbons (Fsp3) is 0.571. The van der Waals surface area contributed by atoms with Crippen LogP contribution in [0.2, 0.25) is 0 Å². The molecule has 1 aliphatic carbocycles. The first-order chi connectivity index (χ1) is 37.8. The zero-order valence-electron chi connectivity index (χ0n) is 43.5. The highest BCUT2D eigenvalue weighted by Gasteiger charge is 2.73. The minimum absolute atomic E-state index is 0.0844. The van der Waals surface area contributed by atoms with Crippen molar-refractivity contribution < 1.29 is 135 Å². The molecule has 1 N–H and O–H groups in total. The summed E-state index contributed by atoms with van der Waals surface area (Å²) in [6, 6.07) is 5.97. The van der Waals surface area contributed by atoms with Crippen LogP contribution in [-0.4, -0.2) is 157 Å². The van der Waals surface area contributed by atoms with Crippen molar-refractivity contribution in [2.75, 3.05) is 13.2 Å². The maximum atomic E-state index is 14.0. The second kappa shape index (κ2) is 26.3. The van der Waals surface area contributed by atoms with Crippen LogP contribution in [0.5, 0.6) is 17.4 Å². The molecule has 446 valence electrons. The average Bonchev–Trinajstić information content (AvgIpc) is 4.29. The molecular formula is C49H52F8N2O21S. The summed E-state index contributed by atoms with van der Waals surface area (Å²) in [5, 5.41) is 8.41. The molecule has 0 spiro atoms. The van der Waals surface area contributed by atoms with Crippen molar-refractivity contribution >= 4 is 53.1 Å². The number of halogens is 8. The van der Waals surface area contributed by atoms with E-state index in [2.05, 4.69) is 14.7 Å². The maximum absolute atomic E-state index is 14.0. The summed E-state index contributed by atoms with van der Waals surface area (Å²) in [4.78, 5) is 94.9. The van der Waals surface area contributed by atoms with Crippen LogP contribution in [0.25, 0.3) is 0 Å². The summed E-state index contributed by atoms with van der Waals surface area (Å²) in [5.41, 5.74) is -5.14. The number of hydrogen-bond donors (Lipinski definition) is 1. The van der Waals surface area contributed by atoms with Gasteiger partial charge in [-0.3, -0.25) is 33.6 Å². The Bertz CT molecular complexity index is 2730. The highest BCUT2D eigenvalue weighted by molar-refractivity contribution is 7.11. The van der Waals surface area contributed by atoms with Crippen LogP contribution >= 0.6 is 11.3 Å². The summed E-state index contributed by atoms with van der Waals surface area (Å²) < 4.78 is 184. The van der Waals surface area contributed by atoms with Gasteiger partial charge in [0.2, 0.25) is 18.3 Å². The first-order valence-corrected chi connectivity index (χ1v) is 24.9. The van der Waals surface area contributed by atoms with Crippen LogP contribution in [0.3, 0.4) is 0 Å². The van der Waals surface area contributed by atoms with Gasteiger partial charge in [-0.15, -0.1) is 11.3 Å². The fourth-order valence-corrected chi connectivity index (χ4v) is 9.49. The molecule has 32 heteroatoms. The van der Waals surface area contributed by atoms with Crippen molar-refractivity contribution in [1.82, 2.24) is 9.97 Å². The van der Waals surface area contributed by atoms with E-state index in [1.54, 1.807) is 0 Å². The Morgan fingerprint density at radius 2 is 1.12 bits per heavy atom. The van der Waals surface area contributed by atoms with E-state index >= 15 is 0 Å². The predicted molar refractivity (Wildman–Crippen MR) is 248 cm³/mol. The molecule has 3 fully saturated rings. The van der Waals surface area contributed by atoms with Crippen molar-refractivity contribution in [2.45, 2.75) is 166 Å². The van der Waals surface area contributed by atoms with Gasteiger partial charge in [0.1, 0.15) is 36.5 Å². The van der Waals surface area contributed by atoms with Crippen molar-refractivity contribution in [3.63, 3.8) is 0 Å². The SMILES string of the molecule is CC(=O)OCC1O[C@@H](O[C@@H]2C(COC(C)=O)O[C@@H](Oc3ccc(C[C@@H](c4ccc(OC(F)F)c(OC5CC5)c4)c4cnc(C(O)(C(F)(F)F)C(F)(F)F)s4)cn3)C(OC(C)=O)[C@@H]2OC(C)=O)[C@H](OC(C)=O)C(OC(C)=O)[C@@H]1OC(C)=O. The van der Waals surface area contributed by atoms with Gasteiger partial charge in [-0.05, 0) is 42.5 Å². The van der Waals surface area contributed by atoms with Crippen LogP contribution in [0.1, 0.15) is 88.2 Å². The molecule has 4 unspecified atom stereocenters. The molecule has 1 saturated carbocycles. The van der Waals surface area contributed by atoms with Crippen molar-refractivity contribution in [3.8, 4) is 17.4 Å². The fourth-order valence-electron chi connectivity index (χ4n) is 8.32. The van der Waals surface area contributed by atoms with Gasteiger partial charge in [-0.25, -0.2) is 9.97 Å². The zero-order chi connectivity index (χ0) is 59.9. The third kappa shape index (κ3) is 16.3. The molecule has 81 heavy (non-hydrogen) atoms. The van der Waals surface area contributed by atoms with E-state index in [0.717, 1.165) is 60.7 Å². The molecular weight excluding hydrogens is 1140 g/mol. The smallest absolute Gasteiger partial charge is 0.433 e. The van der Waals surface area contributed by atoms with E-state index in [0.29, 0.717) is 19.0 Å². The number of pyridine rings is 1. The monoisotopic (exact) mass is 1190 g/mol. The molecule has 3 aromatic rings. The van der Waals surface area contributed by atoms with E-state index in [-0.39, 0.29) is 45.4 Å². The molecule has 0 bridgehead atoms. The maximum Gasteiger partial charge on any atom is 0.433 e. The molecule has 2 aliphatic heterocycles. The van der Waals surface area contributed by atoms with Gasteiger partial charge in [0.25, 0.3) is 0 Å². The van der Waals surface area contributed by atoms with Gasteiger partial charge in [0, 0.05) is 77.7 Å². The minimum Gasteiger partial charge on any atom is -0.487 e. The van der Waals surface area contributed by atoms with Crippen molar-refractivity contribution in [2.24, 2.45) is 0 Å². The molecule has 3 aliphatic rings. The second-order valence-electron chi connectivity index (χ2n) is 18.2. The molecule has 4 heterocycles. The van der Waals surface area contributed by atoms with Crippen LogP contribution in [0, 0.1) is 0 Å². The first-order valence-electron chi connectivity index (χ1n) is 24.1. The Morgan fingerprint density at radius 3 is 1.62 bits per heavy atom. The van der Waals surface area contributed by atoms with Crippen LogP contribution in [0.4, 0.5) is 35.1 Å². The molecule has 0 radical (unpaired) electrons. The highest BCUT2D eigenvalue weighted by Crippen LogP contribution is 2.52. The standard InChI is InChI=1S/C49H52F8N2O21S/c1-20(60)68-18-33-37(70-22(3)62)39(71-23(4)63)42(74-26(7)66)44(77-33)80-38-34(19-69-21(2)61)76-43(41(73-25(6)65)40(38)72-24(5)64)79-36-13-8-27(16-58-36)14-30(28-9-12-31(78-46(50)51)32(15-28)75-29-10-11-29)35-17-59-45(81-35)47(67,48(52,53)54)49(55,56)57/h8-9,12-13,15-17,29-30,33-34,37-44,46,67H,10-11,14,18-19H2,1-7H3/t30-,33?,34?,37+,38+,39?,40+,41?,42+,43-,44-/m0/s1. The van der Waals surface area contributed by atoms with E-state index in [9.17, 15) is 73.8 Å². The van der Waals surface area contributed by atoms with Crippen LogP contribution < -0.4 is 14.2 Å². The number of thiazole rings is 1. The number of benzene rings is 1. The highest BCUT2D eigenvalue weighted by atomic mass is 32.1. The van der Waals surface area contributed by atoms with Gasteiger partial charge in [-0.1, -0.05) is 12.1 Å². The number of carbonyl (C=O) groups excluding carboxylic acids is 7. The quantitative estimate of drug-likeness (QED) is 0.0752. The van der Waals surface area contributed by atoms with Crippen molar-refractivity contribution in [1.29, 1.82) is 0 Å². The number of nitrogens with zero attached hydrogens (tertiary/aromatic N) is 2. The lowest BCUT2D eigenvalue weighted by Crippen LogP contribution is -2.67. The topological polar surface area (TPSA) is 285 Å². The van der Waals surface area contributed by atoms with Crippen LogP contribution in [-0.2, 0) is 93.0 Å². The van der Waals surface area contributed by atoms with E-state index < -0.39 is 164 Å². The lowest BCUT2D eigenvalue weighted by atomic mass is 9.91. The number of hydrogen-bond acceptors (Lipinski definition) is 24. The molecule has 11 atom stereocenters. The number of esters is 7. The molecule has 1 aromatic carbocycles. The van der Waals surface area contributed by atoms with Gasteiger partial charge < -0.3 is 66.7 Å². The summed E-state index contributed by atoms with van der Waals surface area (Å²) in [7, 11) is 0. The predicted octanol–water partition coefficient (Wildman–Crippen LogP) is 5.37. The number of ether oxygens (including phenoxy) is 13. The Morgan fingerprint density at radius 1 is 0.617 bits per heavy atom. The lowest BCUT2D eigenvalue weighted by molar-refractivity contribution is -0.376. The Kier molecular flexibility index (Phi) is 20.5. The Labute approximate surface area is 457 Å². The third-order valence-corrected chi connectivity index (χ3v) is 13.0. The van der Waals surface area contributed by atoms with E-state index in [4.69, 9.17) is 56.8 Å². The second-order valence-corrected chi connectivity index (χ2v) is 19.3. The number of alkyl halides is 8. The molecule has 2 aromatic heterocycles. The number of rotatable bonds is 22. The first kappa shape index (κ1) is 63.2. The molecule has 23 nitrogen and oxygen atoms in total. The molecule has 0 amide bonds. The lowest BCUT2D eigenvalue weighted by Gasteiger charge is -2.48. The van der Waals surface area contributed by atoms with Gasteiger partial charge >= 0.3 is 66.4 Å². The molecule has 6 rings (SSSR count). The van der Waals surface area contributed by atoms with Gasteiger partial charge in [0.15, 0.2) is 42.2 Å². The van der Waals surface area contributed by atoms with E-state index in [1.165, 1.54) is 24.3 Å². The van der Waals surface area contributed by atoms with Gasteiger partial charge in [-0.2, -0.15) is 35.1 Å². The largest absolute Gasteiger partial charge is 0.487 e. The molecule has 2 saturated heterocycles. The van der Waals surface area contributed by atoms with Crippen LogP contribution in [0.15, 0.2) is 42.7 Å². The number of aromatic nitrogens is 2. The average molecular weight is 1190 g/mol. The normalized spacial score (nSPS) is 24.4. The Balaban J connectivity index is 1.38. The Hall–Kier alpha value is -7.03. The summed E-state index contributed by atoms with van der Waals surface area (Å²) in [5.74, 6) is -9.18. The van der Waals surface area contributed by atoms with E-state index in [1.807, 2.05) is 0 Å². The van der Waals surface area contributed by atoms with Crippen molar-refractivity contribution in [3.05, 3.63) is 63.7 Å².